The second kappa shape index (κ2) is 7.33. The van der Waals surface area contributed by atoms with Crippen molar-refractivity contribution in [1.82, 2.24) is 5.32 Å². The SMILES string of the molecule is CCNC(Cc1ccc(Cl)c(Cl)c1)c1ccccc1Cl. The van der Waals surface area contributed by atoms with Crippen LogP contribution in [0.2, 0.25) is 15.1 Å². The molecule has 0 saturated carbocycles. The van der Waals surface area contributed by atoms with E-state index in [1.165, 1.54) is 0 Å². The van der Waals surface area contributed by atoms with Gasteiger partial charge in [-0.15, -0.1) is 0 Å². The van der Waals surface area contributed by atoms with E-state index >= 15 is 0 Å². The van der Waals surface area contributed by atoms with Gasteiger partial charge in [-0.25, -0.2) is 0 Å². The zero-order valence-electron chi connectivity index (χ0n) is 11.2. The first-order chi connectivity index (χ1) is 9.61. The maximum Gasteiger partial charge on any atom is 0.0595 e. The Bertz CT molecular complexity index is 584. The van der Waals surface area contributed by atoms with Crippen LogP contribution in [-0.4, -0.2) is 6.54 Å². The fraction of sp³-hybridized carbons (Fsp3) is 0.250. The lowest BCUT2D eigenvalue weighted by atomic mass is 9.99. The number of likely N-dealkylation sites (N-methyl/N-ethyl adjacent to an activating group) is 1. The van der Waals surface area contributed by atoms with Crippen LogP contribution in [0.4, 0.5) is 0 Å². The van der Waals surface area contributed by atoms with E-state index < -0.39 is 0 Å². The number of hydrogen-bond acceptors (Lipinski definition) is 1. The highest BCUT2D eigenvalue weighted by Gasteiger charge is 2.14. The number of halogens is 3. The van der Waals surface area contributed by atoms with E-state index in [9.17, 15) is 0 Å². The van der Waals surface area contributed by atoms with Gasteiger partial charge in [0.25, 0.3) is 0 Å². The average molecular weight is 329 g/mol. The Kier molecular flexibility index (Phi) is 5.74. The minimum absolute atomic E-state index is 0.158. The summed E-state index contributed by atoms with van der Waals surface area (Å²) in [6.45, 7) is 2.95. The van der Waals surface area contributed by atoms with E-state index in [1.54, 1.807) is 0 Å². The van der Waals surface area contributed by atoms with Crippen molar-refractivity contribution in [2.45, 2.75) is 19.4 Å². The first-order valence-corrected chi connectivity index (χ1v) is 7.67. The molecule has 20 heavy (non-hydrogen) atoms. The van der Waals surface area contributed by atoms with Crippen LogP contribution in [0.5, 0.6) is 0 Å². The molecule has 1 nitrogen and oxygen atoms in total. The molecule has 0 spiro atoms. The maximum absolute atomic E-state index is 6.29. The summed E-state index contributed by atoms with van der Waals surface area (Å²) in [6, 6.07) is 13.8. The molecule has 0 aliphatic carbocycles. The predicted molar refractivity (Wildman–Crippen MR) is 88.0 cm³/mol. The summed E-state index contributed by atoms with van der Waals surface area (Å²) in [5.74, 6) is 0. The standard InChI is InChI=1S/C16H16Cl3N/c1-2-20-16(12-5-3-4-6-13(12)17)10-11-7-8-14(18)15(19)9-11/h3-9,16,20H,2,10H2,1H3. The molecule has 0 aromatic heterocycles. The quantitative estimate of drug-likeness (QED) is 0.760. The molecule has 0 aliphatic rings. The third kappa shape index (κ3) is 3.89. The molecule has 0 bridgehead atoms. The van der Waals surface area contributed by atoms with Crippen LogP contribution in [0.3, 0.4) is 0 Å². The Morgan fingerprint density at radius 3 is 2.35 bits per heavy atom. The molecule has 2 rings (SSSR count). The number of rotatable bonds is 5. The van der Waals surface area contributed by atoms with Gasteiger partial charge in [0.2, 0.25) is 0 Å². The molecular weight excluding hydrogens is 313 g/mol. The van der Waals surface area contributed by atoms with Crippen molar-refractivity contribution in [3.8, 4) is 0 Å². The lowest BCUT2D eigenvalue weighted by Crippen LogP contribution is -2.23. The lowest BCUT2D eigenvalue weighted by Gasteiger charge is -2.20. The fourth-order valence-corrected chi connectivity index (χ4v) is 2.79. The first-order valence-electron chi connectivity index (χ1n) is 6.53. The zero-order chi connectivity index (χ0) is 14.5. The largest absolute Gasteiger partial charge is 0.310 e. The summed E-state index contributed by atoms with van der Waals surface area (Å²) in [5.41, 5.74) is 2.23. The highest BCUT2D eigenvalue weighted by molar-refractivity contribution is 6.42. The van der Waals surface area contributed by atoms with Crippen molar-refractivity contribution in [2.75, 3.05) is 6.54 Å². The molecule has 0 saturated heterocycles. The maximum atomic E-state index is 6.29. The van der Waals surface area contributed by atoms with E-state index in [1.807, 2.05) is 42.5 Å². The molecule has 0 heterocycles. The number of nitrogens with one attached hydrogen (secondary N) is 1. The van der Waals surface area contributed by atoms with Crippen LogP contribution >= 0.6 is 34.8 Å². The third-order valence-electron chi connectivity index (χ3n) is 3.16. The normalized spacial score (nSPS) is 12.4. The van der Waals surface area contributed by atoms with E-state index in [0.29, 0.717) is 10.0 Å². The Morgan fingerprint density at radius 2 is 1.70 bits per heavy atom. The van der Waals surface area contributed by atoms with Gasteiger partial charge in [0.15, 0.2) is 0 Å². The van der Waals surface area contributed by atoms with E-state index in [4.69, 9.17) is 34.8 Å². The molecule has 0 fully saturated rings. The topological polar surface area (TPSA) is 12.0 Å². The monoisotopic (exact) mass is 327 g/mol. The summed E-state index contributed by atoms with van der Waals surface area (Å²) >= 11 is 18.3. The van der Waals surface area contributed by atoms with Gasteiger partial charge < -0.3 is 5.32 Å². The zero-order valence-corrected chi connectivity index (χ0v) is 13.4. The molecule has 0 radical (unpaired) electrons. The minimum Gasteiger partial charge on any atom is -0.310 e. The Labute approximate surface area is 134 Å². The summed E-state index contributed by atoms with van der Waals surface area (Å²) in [7, 11) is 0. The molecule has 2 aromatic carbocycles. The van der Waals surface area contributed by atoms with E-state index in [2.05, 4.69) is 12.2 Å². The van der Waals surface area contributed by atoms with Crippen LogP contribution < -0.4 is 5.32 Å². The van der Waals surface area contributed by atoms with Crippen LogP contribution in [0.1, 0.15) is 24.1 Å². The van der Waals surface area contributed by atoms with E-state index in [0.717, 1.165) is 29.1 Å². The van der Waals surface area contributed by atoms with Crippen LogP contribution in [0.25, 0.3) is 0 Å². The van der Waals surface area contributed by atoms with Gasteiger partial charge in [-0.1, -0.05) is 66.0 Å². The molecule has 0 aliphatic heterocycles. The Morgan fingerprint density at radius 1 is 0.950 bits per heavy atom. The van der Waals surface area contributed by atoms with Crippen LogP contribution in [-0.2, 0) is 6.42 Å². The molecule has 0 amide bonds. The van der Waals surface area contributed by atoms with Crippen molar-refractivity contribution in [1.29, 1.82) is 0 Å². The molecule has 1 N–H and O–H groups in total. The summed E-state index contributed by atoms with van der Waals surface area (Å²) in [4.78, 5) is 0. The molecule has 2 aromatic rings. The molecule has 106 valence electrons. The highest BCUT2D eigenvalue weighted by atomic mass is 35.5. The van der Waals surface area contributed by atoms with Crippen molar-refractivity contribution < 1.29 is 0 Å². The summed E-state index contributed by atoms with van der Waals surface area (Å²) in [6.07, 6.45) is 0.814. The Hall–Kier alpha value is -0.730. The molecule has 1 unspecified atom stereocenters. The summed E-state index contributed by atoms with van der Waals surface area (Å²) in [5, 5.41) is 5.40. The van der Waals surface area contributed by atoms with E-state index in [-0.39, 0.29) is 6.04 Å². The number of benzene rings is 2. The average Bonchev–Trinajstić information content (AvgIpc) is 2.43. The van der Waals surface area contributed by atoms with Gasteiger partial charge >= 0.3 is 0 Å². The molecule has 4 heteroatoms. The van der Waals surface area contributed by atoms with Crippen molar-refractivity contribution >= 4 is 34.8 Å². The number of hydrogen-bond donors (Lipinski definition) is 1. The molecule has 1 atom stereocenters. The Balaban J connectivity index is 2.25. The van der Waals surface area contributed by atoms with Crippen molar-refractivity contribution in [3.05, 3.63) is 68.7 Å². The van der Waals surface area contributed by atoms with Gasteiger partial charge in [0.05, 0.1) is 10.0 Å². The molecular formula is C16H16Cl3N. The minimum atomic E-state index is 0.158. The third-order valence-corrected chi connectivity index (χ3v) is 4.24. The fourth-order valence-electron chi connectivity index (χ4n) is 2.20. The van der Waals surface area contributed by atoms with Crippen LogP contribution in [0.15, 0.2) is 42.5 Å². The van der Waals surface area contributed by atoms with Gasteiger partial charge in [-0.2, -0.15) is 0 Å². The summed E-state index contributed by atoms with van der Waals surface area (Å²) < 4.78 is 0. The first kappa shape index (κ1) is 15.7. The van der Waals surface area contributed by atoms with Gasteiger partial charge in [-0.3, -0.25) is 0 Å². The van der Waals surface area contributed by atoms with Crippen molar-refractivity contribution in [2.24, 2.45) is 0 Å². The second-order valence-corrected chi connectivity index (χ2v) is 5.81. The second-order valence-electron chi connectivity index (χ2n) is 4.58. The van der Waals surface area contributed by atoms with Gasteiger partial charge in [0, 0.05) is 11.1 Å². The van der Waals surface area contributed by atoms with Crippen LogP contribution in [0, 0.1) is 0 Å². The van der Waals surface area contributed by atoms with Gasteiger partial charge in [-0.05, 0) is 42.3 Å². The smallest absolute Gasteiger partial charge is 0.0595 e. The highest BCUT2D eigenvalue weighted by Crippen LogP contribution is 2.28. The van der Waals surface area contributed by atoms with Gasteiger partial charge in [0.1, 0.15) is 0 Å². The lowest BCUT2D eigenvalue weighted by molar-refractivity contribution is 0.550. The van der Waals surface area contributed by atoms with Crippen molar-refractivity contribution in [3.63, 3.8) is 0 Å². The predicted octanol–water partition coefficient (Wildman–Crippen LogP) is 5.54.